The molecule has 1 aliphatic rings. The maximum Gasteiger partial charge on any atom is 0.331 e. The van der Waals surface area contributed by atoms with E-state index in [0.717, 1.165) is 4.90 Å². The van der Waals surface area contributed by atoms with Crippen LogP contribution in [0.4, 0.5) is 9.18 Å². The Hall–Kier alpha value is -1.46. The van der Waals surface area contributed by atoms with Gasteiger partial charge in [-0.05, 0) is 12.3 Å². The molecule has 0 aromatic rings. The maximum atomic E-state index is 13.2. The van der Waals surface area contributed by atoms with Crippen LogP contribution in [0.3, 0.4) is 0 Å². The second kappa shape index (κ2) is 3.84. The van der Waals surface area contributed by atoms with Crippen molar-refractivity contribution in [1.29, 1.82) is 0 Å². The molecule has 0 spiro atoms. The molecule has 0 aliphatic carbocycles. The summed E-state index contributed by atoms with van der Waals surface area (Å²) in [4.78, 5) is 34.6. The third-order valence-electron chi connectivity index (χ3n) is 2.77. The van der Waals surface area contributed by atoms with Crippen LogP contribution in [0.2, 0.25) is 0 Å². The van der Waals surface area contributed by atoms with Crippen molar-refractivity contribution in [3.63, 3.8) is 0 Å². The van der Waals surface area contributed by atoms with Crippen LogP contribution >= 0.6 is 0 Å². The number of amides is 4. The van der Waals surface area contributed by atoms with Crippen molar-refractivity contribution in [2.75, 3.05) is 0 Å². The van der Waals surface area contributed by atoms with Crippen molar-refractivity contribution in [2.45, 2.75) is 39.9 Å². The summed E-state index contributed by atoms with van der Waals surface area (Å²) >= 11 is 0. The molecule has 4 amide bonds. The number of rotatable bonds is 1. The van der Waals surface area contributed by atoms with E-state index in [2.05, 4.69) is 0 Å². The lowest BCUT2D eigenvalue weighted by Gasteiger charge is -2.38. The van der Waals surface area contributed by atoms with Crippen molar-refractivity contribution in [1.82, 2.24) is 10.2 Å². The van der Waals surface area contributed by atoms with Gasteiger partial charge in [0.15, 0.2) is 0 Å². The number of hydrogen-bond donors (Lipinski definition) is 1. The predicted octanol–water partition coefficient (Wildman–Crippen LogP) is 0.837. The number of halogens is 1. The highest BCUT2D eigenvalue weighted by molar-refractivity contribution is 6.18. The Bertz CT molecular complexity index is 348. The number of hydrogen-bond acceptors (Lipinski definition) is 3. The standard InChI is InChI=1S/C10H15FN2O3/c1-5(10(2,3)4)13-8(15)6(11)7(14)12-9(13)16/h5-6H,1-4H3,(H,12,14,16). The van der Waals surface area contributed by atoms with Gasteiger partial charge in [0.1, 0.15) is 0 Å². The average molecular weight is 230 g/mol. The summed E-state index contributed by atoms with van der Waals surface area (Å²) in [5.74, 6) is -2.27. The quantitative estimate of drug-likeness (QED) is 0.679. The molecule has 6 heteroatoms. The van der Waals surface area contributed by atoms with E-state index in [4.69, 9.17) is 0 Å². The molecular weight excluding hydrogens is 215 g/mol. The fourth-order valence-electron chi connectivity index (χ4n) is 1.32. The molecule has 1 fully saturated rings. The molecule has 0 saturated carbocycles. The normalized spacial score (nSPS) is 24.4. The third kappa shape index (κ3) is 2.05. The van der Waals surface area contributed by atoms with Gasteiger partial charge in [-0.3, -0.25) is 19.8 Å². The zero-order chi connectivity index (χ0) is 12.7. The van der Waals surface area contributed by atoms with Crippen LogP contribution in [0.5, 0.6) is 0 Å². The number of imide groups is 2. The first-order valence-corrected chi connectivity index (χ1v) is 4.98. The first kappa shape index (κ1) is 12.6. The van der Waals surface area contributed by atoms with Crippen LogP contribution in [0.1, 0.15) is 27.7 Å². The SMILES string of the molecule is CC(N1C(=O)NC(=O)C(F)C1=O)C(C)(C)C. The van der Waals surface area contributed by atoms with Gasteiger partial charge < -0.3 is 0 Å². The molecule has 5 nitrogen and oxygen atoms in total. The smallest absolute Gasteiger partial charge is 0.275 e. The summed E-state index contributed by atoms with van der Waals surface area (Å²) in [7, 11) is 0. The van der Waals surface area contributed by atoms with Crippen molar-refractivity contribution >= 4 is 17.8 Å². The van der Waals surface area contributed by atoms with Crippen LogP contribution in [-0.2, 0) is 9.59 Å². The predicted molar refractivity (Wildman–Crippen MR) is 54.2 cm³/mol. The van der Waals surface area contributed by atoms with E-state index in [1.54, 1.807) is 6.92 Å². The van der Waals surface area contributed by atoms with Gasteiger partial charge in [-0.15, -0.1) is 0 Å². The monoisotopic (exact) mass is 230 g/mol. The molecule has 90 valence electrons. The topological polar surface area (TPSA) is 66.5 Å². The highest BCUT2D eigenvalue weighted by Crippen LogP contribution is 2.26. The molecule has 0 aromatic carbocycles. The van der Waals surface area contributed by atoms with Gasteiger partial charge in [0.25, 0.3) is 18.0 Å². The summed E-state index contributed by atoms with van der Waals surface area (Å²) in [6, 6.07) is -1.35. The van der Waals surface area contributed by atoms with Crippen LogP contribution in [0, 0.1) is 5.41 Å². The molecule has 16 heavy (non-hydrogen) atoms. The largest absolute Gasteiger partial charge is 0.331 e. The lowest BCUT2D eigenvalue weighted by Crippen LogP contribution is -2.63. The van der Waals surface area contributed by atoms with Gasteiger partial charge in [-0.25, -0.2) is 9.18 Å². The minimum absolute atomic E-state index is 0.382. The Balaban J connectivity index is 3.00. The van der Waals surface area contributed by atoms with Crippen LogP contribution in [-0.4, -0.2) is 35.0 Å². The molecule has 0 aromatic heterocycles. The summed E-state index contributed by atoms with van der Waals surface area (Å²) < 4.78 is 13.2. The van der Waals surface area contributed by atoms with Gasteiger partial charge in [-0.2, -0.15) is 0 Å². The summed E-state index contributed by atoms with van der Waals surface area (Å²) in [5, 5.41) is 1.81. The first-order valence-electron chi connectivity index (χ1n) is 4.98. The number of nitrogens with one attached hydrogen (secondary N) is 1. The second-order valence-electron chi connectivity index (χ2n) is 4.91. The van der Waals surface area contributed by atoms with Gasteiger partial charge in [-0.1, -0.05) is 20.8 Å². The highest BCUT2D eigenvalue weighted by Gasteiger charge is 2.45. The summed E-state index contributed by atoms with van der Waals surface area (Å²) in [5.41, 5.74) is -0.382. The average Bonchev–Trinajstić information content (AvgIpc) is 2.13. The van der Waals surface area contributed by atoms with Gasteiger partial charge in [0.2, 0.25) is 0 Å². The fraction of sp³-hybridized carbons (Fsp3) is 0.700. The molecular formula is C10H15FN2O3. The number of carbonyl (C=O) groups excluding carboxylic acids is 3. The lowest BCUT2D eigenvalue weighted by molar-refractivity contribution is -0.146. The molecule has 2 atom stereocenters. The zero-order valence-electron chi connectivity index (χ0n) is 9.70. The third-order valence-corrected chi connectivity index (χ3v) is 2.77. The molecule has 1 saturated heterocycles. The van der Waals surface area contributed by atoms with Crippen LogP contribution in [0.25, 0.3) is 0 Å². The van der Waals surface area contributed by atoms with Crippen molar-refractivity contribution in [2.24, 2.45) is 5.41 Å². The number of carbonyl (C=O) groups is 3. The summed E-state index contributed by atoms with van der Waals surface area (Å²) in [6.45, 7) is 7.10. The number of urea groups is 1. The number of nitrogens with zero attached hydrogens (tertiary/aromatic N) is 1. The maximum absolute atomic E-state index is 13.2. The Kier molecular flexibility index (Phi) is 3.03. The molecule has 1 heterocycles. The van der Waals surface area contributed by atoms with Crippen LogP contribution < -0.4 is 5.32 Å². The van der Waals surface area contributed by atoms with Crippen molar-refractivity contribution < 1.29 is 18.8 Å². The fourth-order valence-corrected chi connectivity index (χ4v) is 1.32. The molecule has 0 radical (unpaired) electrons. The van der Waals surface area contributed by atoms with Crippen molar-refractivity contribution in [3.8, 4) is 0 Å². The van der Waals surface area contributed by atoms with E-state index >= 15 is 0 Å². The molecule has 1 aliphatic heterocycles. The number of alkyl halides is 1. The van der Waals surface area contributed by atoms with Crippen molar-refractivity contribution in [3.05, 3.63) is 0 Å². The Labute approximate surface area is 93.0 Å². The minimum Gasteiger partial charge on any atom is -0.275 e. The summed E-state index contributed by atoms with van der Waals surface area (Å²) in [6.07, 6.45) is -2.29. The Morgan fingerprint density at radius 1 is 1.31 bits per heavy atom. The van der Waals surface area contributed by atoms with E-state index in [-0.39, 0.29) is 5.41 Å². The first-order chi connectivity index (χ1) is 7.16. The van der Waals surface area contributed by atoms with E-state index in [9.17, 15) is 18.8 Å². The van der Waals surface area contributed by atoms with Gasteiger partial charge in [0.05, 0.1) is 0 Å². The number of barbiturate groups is 1. The minimum atomic E-state index is -2.29. The van der Waals surface area contributed by atoms with E-state index in [0.29, 0.717) is 0 Å². The highest BCUT2D eigenvalue weighted by atomic mass is 19.1. The van der Waals surface area contributed by atoms with E-state index < -0.39 is 30.1 Å². The van der Waals surface area contributed by atoms with E-state index in [1.807, 2.05) is 26.1 Å². The molecule has 1 rings (SSSR count). The second-order valence-corrected chi connectivity index (χ2v) is 4.91. The molecule has 0 bridgehead atoms. The lowest BCUT2D eigenvalue weighted by atomic mass is 9.86. The Morgan fingerprint density at radius 3 is 2.25 bits per heavy atom. The van der Waals surface area contributed by atoms with Crippen LogP contribution in [0.15, 0.2) is 0 Å². The van der Waals surface area contributed by atoms with Gasteiger partial charge >= 0.3 is 6.03 Å². The molecule has 2 unspecified atom stereocenters. The molecule has 1 N–H and O–H groups in total. The van der Waals surface area contributed by atoms with Gasteiger partial charge in [0, 0.05) is 6.04 Å². The zero-order valence-corrected chi connectivity index (χ0v) is 9.70. The van der Waals surface area contributed by atoms with E-state index in [1.165, 1.54) is 0 Å². The Morgan fingerprint density at radius 2 is 1.81 bits per heavy atom.